The van der Waals surface area contributed by atoms with Gasteiger partial charge in [-0.05, 0) is 99.8 Å². The smallest absolute Gasteiger partial charge is 0.169 e. The number of hydrogen-bond acceptors (Lipinski definition) is 5. The van der Waals surface area contributed by atoms with Gasteiger partial charge in [-0.15, -0.1) is 0 Å². The maximum absolute atomic E-state index is 10.5. The predicted molar refractivity (Wildman–Crippen MR) is 136 cm³/mol. The number of phenolic OH excluding ortho intramolecular Hbond substituents is 3. The van der Waals surface area contributed by atoms with Crippen molar-refractivity contribution in [3.05, 3.63) is 94.5 Å². The summed E-state index contributed by atoms with van der Waals surface area (Å²) in [5.41, 5.74) is 6.99. The van der Waals surface area contributed by atoms with Crippen molar-refractivity contribution < 1.29 is 20.1 Å². The average molecular weight is 456 g/mol. The van der Waals surface area contributed by atoms with E-state index in [9.17, 15) is 15.3 Å². The first-order chi connectivity index (χ1) is 16.2. The Morgan fingerprint density at radius 2 is 1.09 bits per heavy atom. The molecule has 5 heteroatoms. The summed E-state index contributed by atoms with van der Waals surface area (Å²) >= 11 is 0. The number of hydrogen-bond donors (Lipinski definition) is 3. The van der Waals surface area contributed by atoms with E-state index in [1.807, 2.05) is 77.1 Å². The Morgan fingerprint density at radius 3 is 1.62 bits per heavy atom. The monoisotopic (exact) mass is 455 g/mol. The molecule has 0 fully saturated rings. The zero-order chi connectivity index (χ0) is 24.6. The van der Waals surface area contributed by atoms with E-state index < -0.39 is 0 Å². The molecular weight excluding hydrogens is 426 g/mol. The van der Waals surface area contributed by atoms with E-state index in [0.29, 0.717) is 11.5 Å². The molecule has 4 aromatic carbocycles. The fourth-order valence-electron chi connectivity index (χ4n) is 4.20. The molecule has 0 bridgehead atoms. The molecule has 174 valence electrons. The fourth-order valence-corrected chi connectivity index (χ4v) is 4.20. The van der Waals surface area contributed by atoms with Crippen LogP contribution in [0.15, 0.2) is 66.7 Å². The van der Waals surface area contributed by atoms with Crippen molar-refractivity contribution in [2.45, 2.75) is 34.6 Å². The van der Waals surface area contributed by atoms with Gasteiger partial charge in [0.1, 0.15) is 17.2 Å². The first-order valence-corrected chi connectivity index (χ1v) is 11.1. The van der Waals surface area contributed by atoms with Crippen LogP contribution in [0.4, 0.5) is 17.1 Å². The number of nitrogens with zero attached hydrogens (tertiary/aromatic N) is 1. The molecule has 0 aliphatic rings. The van der Waals surface area contributed by atoms with Crippen LogP contribution in [0.1, 0.15) is 27.8 Å². The standard InChI is InChI=1S/C29H29NO4/c1-17-6-13-26(33)27(16-17)34-23-11-9-22(10-12-23)30(28-18(2)7-14-24(31)20(28)4)29-19(3)8-15-25(32)21(29)5/h6-16,31-33H,1-5H3. The molecule has 0 amide bonds. The van der Waals surface area contributed by atoms with E-state index in [4.69, 9.17) is 4.74 Å². The summed E-state index contributed by atoms with van der Waals surface area (Å²) in [6.07, 6.45) is 0. The molecule has 0 saturated carbocycles. The summed E-state index contributed by atoms with van der Waals surface area (Å²) in [5.74, 6) is 1.46. The molecule has 4 aromatic rings. The molecule has 0 unspecified atom stereocenters. The van der Waals surface area contributed by atoms with Crippen LogP contribution in [0, 0.1) is 34.6 Å². The Balaban J connectivity index is 1.85. The summed E-state index contributed by atoms with van der Waals surface area (Å²) in [6, 6.07) is 19.9. The lowest BCUT2D eigenvalue weighted by molar-refractivity contribution is 0.411. The van der Waals surface area contributed by atoms with Crippen LogP contribution in [0.5, 0.6) is 28.7 Å². The number of aromatic hydroxyl groups is 3. The maximum atomic E-state index is 10.5. The van der Waals surface area contributed by atoms with E-state index in [1.54, 1.807) is 24.3 Å². The molecule has 5 nitrogen and oxygen atoms in total. The van der Waals surface area contributed by atoms with Gasteiger partial charge in [-0.2, -0.15) is 0 Å². The third kappa shape index (κ3) is 4.25. The van der Waals surface area contributed by atoms with Crippen LogP contribution < -0.4 is 9.64 Å². The van der Waals surface area contributed by atoms with Gasteiger partial charge >= 0.3 is 0 Å². The highest BCUT2D eigenvalue weighted by atomic mass is 16.5. The molecule has 34 heavy (non-hydrogen) atoms. The number of phenols is 3. The summed E-state index contributed by atoms with van der Waals surface area (Å²) in [4.78, 5) is 2.06. The summed E-state index contributed by atoms with van der Waals surface area (Å²) in [7, 11) is 0. The highest BCUT2D eigenvalue weighted by Gasteiger charge is 2.23. The third-order valence-electron chi connectivity index (χ3n) is 6.09. The second-order valence-corrected chi connectivity index (χ2v) is 8.65. The molecule has 0 aliphatic carbocycles. The van der Waals surface area contributed by atoms with E-state index >= 15 is 0 Å². The molecule has 0 aromatic heterocycles. The van der Waals surface area contributed by atoms with E-state index in [1.165, 1.54) is 0 Å². The number of rotatable bonds is 5. The van der Waals surface area contributed by atoms with Gasteiger partial charge in [-0.25, -0.2) is 0 Å². The molecular formula is C29H29NO4. The van der Waals surface area contributed by atoms with Crippen LogP contribution in [0.25, 0.3) is 0 Å². The van der Waals surface area contributed by atoms with Gasteiger partial charge in [0.2, 0.25) is 0 Å². The van der Waals surface area contributed by atoms with Crippen molar-refractivity contribution in [3.8, 4) is 28.7 Å². The van der Waals surface area contributed by atoms with Crippen LogP contribution in [-0.4, -0.2) is 15.3 Å². The fraction of sp³-hybridized carbons (Fsp3) is 0.172. The van der Waals surface area contributed by atoms with Gasteiger partial charge in [0, 0.05) is 16.8 Å². The van der Waals surface area contributed by atoms with Crippen LogP contribution >= 0.6 is 0 Å². The Labute approximate surface area is 200 Å². The predicted octanol–water partition coefficient (Wildman–Crippen LogP) is 7.61. The van der Waals surface area contributed by atoms with Crippen LogP contribution in [0.3, 0.4) is 0 Å². The van der Waals surface area contributed by atoms with Crippen LogP contribution in [-0.2, 0) is 0 Å². The van der Waals surface area contributed by atoms with Gasteiger partial charge in [0.05, 0.1) is 11.4 Å². The number of benzene rings is 4. The van der Waals surface area contributed by atoms with E-state index in [0.717, 1.165) is 44.9 Å². The molecule has 0 atom stereocenters. The second-order valence-electron chi connectivity index (χ2n) is 8.65. The Morgan fingerprint density at radius 1 is 0.588 bits per heavy atom. The highest BCUT2D eigenvalue weighted by Crippen LogP contribution is 2.45. The lowest BCUT2D eigenvalue weighted by Crippen LogP contribution is -2.15. The van der Waals surface area contributed by atoms with Gasteiger partial charge in [0.25, 0.3) is 0 Å². The molecule has 3 N–H and O–H groups in total. The summed E-state index contributed by atoms with van der Waals surface area (Å²) in [5, 5.41) is 31.1. The third-order valence-corrected chi connectivity index (χ3v) is 6.09. The molecule has 0 saturated heterocycles. The molecule has 0 aliphatic heterocycles. The lowest BCUT2D eigenvalue weighted by Gasteiger charge is -2.31. The van der Waals surface area contributed by atoms with Gasteiger partial charge < -0.3 is 25.0 Å². The molecule has 4 rings (SSSR count). The minimum absolute atomic E-state index is 0.0772. The number of anilines is 3. The van der Waals surface area contributed by atoms with E-state index in [2.05, 4.69) is 4.90 Å². The van der Waals surface area contributed by atoms with Crippen molar-refractivity contribution in [1.29, 1.82) is 0 Å². The summed E-state index contributed by atoms with van der Waals surface area (Å²) < 4.78 is 5.92. The average Bonchev–Trinajstić information content (AvgIpc) is 2.81. The first-order valence-electron chi connectivity index (χ1n) is 11.1. The molecule has 0 radical (unpaired) electrons. The van der Waals surface area contributed by atoms with Crippen molar-refractivity contribution in [2.75, 3.05) is 4.90 Å². The topological polar surface area (TPSA) is 73.2 Å². The largest absolute Gasteiger partial charge is 0.508 e. The van der Waals surface area contributed by atoms with Crippen molar-refractivity contribution >= 4 is 17.1 Å². The zero-order valence-electron chi connectivity index (χ0n) is 20.0. The van der Waals surface area contributed by atoms with Crippen molar-refractivity contribution in [1.82, 2.24) is 0 Å². The number of ether oxygens (including phenoxy) is 1. The van der Waals surface area contributed by atoms with Gasteiger partial charge in [-0.1, -0.05) is 18.2 Å². The minimum Gasteiger partial charge on any atom is -0.508 e. The van der Waals surface area contributed by atoms with Crippen LogP contribution in [0.2, 0.25) is 0 Å². The normalized spacial score (nSPS) is 10.9. The molecule has 0 heterocycles. The van der Waals surface area contributed by atoms with Crippen molar-refractivity contribution in [3.63, 3.8) is 0 Å². The zero-order valence-corrected chi connectivity index (χ0v) is 20.0. The minimum atomic E-state index is 0.0772. The first kappa shape index (κ1) is 23.1. The van der Waals surface area contributed by atoms with Gasteiger partial charge in [0.15, 0.2) is 11.5 Å². The quantitative estimate of drug-likeness (QED) is 0.289. The number of aryl methyl sites for hydroxylation is 3. The highest BCUT2D eigenvalue weighted by molar-refractivity contribution is 5.85. The maximum Gasteiger partial charge on any atom is 0.169 e. The lowest BCUT2D eigenvalue weighted by atomic mass is 10.0. The Bertz CT molecular complexity index is 1300. The SMILES string of the molecule is Cc1ccc(O)c(Oc2ccc(N(c3c(C)ccc(O)c3C)c3c(C)ccc(O)c3C)cc2)c1. The van der Waals surface area contributed by atoms with E-state index in [-0.39, 0.29) is 17.2 Å². The Kier molecular flexibility index (Phi) is 6.12. The summed E-state index contributed by atoms with van der Waals surface area (Å²) in [6.45, 7) is 9.71. The van der Waals surface area contributed by atoms with Crippen molar-refractivity contribution in [2.24, 2.45) is 0 Å². The molecule has 0 spiro atoms. The Hall–Kier alpha value is -4.12. The second kappa shape index (κ2) is 9.02. The van der Waals surface area contributed by atoms with Gasteiger partial charge in [-0.3, -0.25) is 0 Å².